The van der Waals surface area contributed by atoms with Crippen molar-refractivity contribution in [2.75, 3.05) is 0 Å². The normalized spacial score (nSPS) is 20.0. The molecule has 0 fully saturated rings. The molecular formula is C16H24Si. The minimum absolute atomic E-state index is 1.16. The number of allylic oxidation sites excluding steroid dienone is 8. The average Bonchev–Trinajstić information content (AvgIpc) is 2.87. The third-order valence-corrected chi connectivity index (χ3v) is 9.36. The summed E-state index contributed by atoms with van der Waals surface area (Å²) in [7, 11) is -1.42. The van der Waals surface area contributed by atoms with Crippen LogP contribution in [-0.2, 0) is 0 Å². The lowest BCUT2D eigenvalue weighted by Gasteiger charge is -2.32. The molecule has 0 saturated heterocycles. The van der Waals surface area contributed by atoms with Crippen LogP contribution in [0.4, 0.5) is 0 Å². The maximum Gasteiger partial charge on any atom is 0.115 e. The summed E-state index contributed by atoms with van der Waals surface area (Å²) in [5.74, 6) is 0. The Morgan fingerprint density at radius 1 is 0.941 bits per heavy atom. The summed E-state index contributed by atoms with van der Waals surface area (Å²) in [5, 5.41) is 3.42. The zero-order valence-corrected chi connectivity index (χ0v) is 12.6. The van der Waals surface area contributed by atoms with Crippen LogP contribution in [0, 0.1) is 0 Å². The van der Waals surface area contributed by atoms with Gasteiger partial charge in [-0.15, -0.1) is 0 Å². The molecule has 0 heterocycles. The van der Waals surface area contributed by atoms with E-state index in [2.05, 4.69) is 51.6 Å². The zero-order chi connectivity index (χ0) is 12.5. The van der Waals surface area contributed by atoms with Gasteiger partial charge in [-0.05, 0) is 32.7 Å². The summed E-state index contributed by atoms with van der Waals surface area (Å²) in [6.45, 7) is 9.50. The molecule has 0 spiro atoms. The molecule has 2 rings (SSSR count). The molecule has 0 nitrogen and oxygen atoms in total. The monoisotopic (exact) mass is 244 g/mol. The van der Waals surface area contributed by atoms with Crippen LogP contribution in [0.1, 0.15) is 40.0 Å². The van der Waals surface area contributed by atoms with Crippen LogP contribution in [-0.4, -0.2) is 8.07 Å². The molecule has 0 aromatic carbocycles. The van der Waals surface area contributed by atoms with Crippen LogP contribution in [0.15, 0.2) is 45.8 Å². The summed E-state index contributed by atoms with van der Waals surface area (Å²) < 4.78 is 0. The molecule has 92 valence electrons. The fourth-order valence-electron chi connectivity index (χ4n) is 3.48. The Labute approximate surface area is 107 Å². The SMILES string of the molecule is CCC[Si](C)(C1=CCC=C1C)C1=CCC=C1C. The van der Waals surface area contributed by atoms with Crippen molar-refractivity contribution in [1.82, 2.24) is 0 Å². The van der Waals surface area contributed by atoms with Crippen molar-refractivity contribution in [3.05, 3.63) is 45.8 Å². The van der Waals surface area contributed by atoms with E-state index in [0.29, 0.717) is 0 Å². The van der Waals surface area contributed by atoms with E-state index >= 15 is 0 Å². The van der Waals surface area contributed by atoms with Gasteiger partial charge in [0.15, 0.2) is 0 Å². The lowest BCUT2D eigenvalue weighted by atomic mass is 10.3. The molecule has 0 bridgehead atoms. The minimum Gasteiger partial charge on any atom is -0.0808 e. The molecule has 2 aliphatic carbocycles. The Morgan fingerprint density at radius 3 is 1.71 bits per heavy atom. The molecule has 2 aliphatic rings. The number of rotatable bonds is 4. The Hall–Kier alpha value is -0.823. The second kappa shape index (κ2) is 4.81. The quantitative estimate of drug-likeness (QED) is 0.603. The van der Waals surface area contributed by atoms with Crippen LogP contribution in [0.2, 0.25) is 12.6 Å². The van der Waals surface area contributed by atoms with E-state index in [1.54, 1.807) is 21.5 Å². The predicted octanol–water partition coefficient (Wildman–Crippen LogP) is 5.11. The molecule has 0 N–H and O–H groups in total. The second-order valence-corrected chi connectivity index (χ2v) is 9.80. The fourth-order valence-corrected chi connectivity index (χ4v) is 8.39. The predicted molar refractivity (Wildman–Crippen MR) is 79.6 cm³/mol. The van der Waals surface area contributed by atoms with E-state index < -0.39 is 8.07 Å². The van der Waals surface area contributed by atoms with Gasteiger partial charge in [0.2, 0.25) is 0 Å². The third kappa shape index (κ3) is 2.13. The van der Waals surface area contributed by atoms with Crippen LogP contribution < -0.4 is 0 Å². The standard InChI is InChI=1S/C16H24Si/c1-5-12-17(4,15-10-6-8-13(15)2)16-11-7-9-14(16)3/h8-11H,5-7,12H2,1-4H3. The second-order valence-electron chi connectivity index (χ2n) is 5.56. The molecule has 0 unspecified atom stereocenters. The molecule has 17 heavy (non-hydrogen) atoms. The van der Waals surface area contributed by atoms with Crippen LogP contribution in [0.5, 0.6) is 0 Å². The van der Waals surface area contributed by atoms with Gasteiger partial charge in [-0.3, -0.25) is 0 Å². The van der Waals surface area contributed by atoms with E-state index in [9.17, 15) is 0 Å². The summed E-state index contributed by atoms with van der Waals surface area (Å²) in [4.78, 5) is 0. The highest BCUT2D eigenvalue weighted by Gasteiger charge is 2.37. The van der Waals surface area contributed by atoms with Crippen molar-refractivity contribution < 1.29 is 0 Å². The maximum absolute atomic E-state index is 2.57. The van der Waals surface area contributed by atoms with Crippen LogP contribution in [0.25, 0.3) is 0 Å². The Morgan fingerprint density at radius 2 is 1.41 bits per heavy atom. The van der Waals surface area contributed by atoms with E-state index in [1.807, 2.05) is 0 Å². The van der Waals surface area contributed by atoms with Gasteiger partial charge in [-0.25, -0.2) is 0 Å². The first-order valence-electron chi connectivity index (χ1n) is 6.85. The highest BCUT2D eigenvalue weighted by atomic mass is 28.3. The van der Waals surface area contributed by atoms with Gasteiger partial charge < -0.3 is 0 Å². The Kier molecular flexibility index (Phi) is 3.57. The van der Waals surface area contributed by atoms with Gasteiger partial charge in [0.1, 0.15) is 8.07 Å². The lowest BCUT2D eigenvalue weighted by molar-refractivity contribution is 1.05. The average molecular weight is 244 g/mol. The molecule has 0 atom stereocenters. The molecule has 0 saturated carbocycles. The van der Waals surface area contributed by atoms with Gasteiger partial charge in [0, 0.05) is 0 Å². The molecule has 0 aromatic heterocycles. The highest BCUT2D eigenvalue weighted by molar-refractivity contribution is 6.93. The van der Waals surface area contributed by atoms with Gasteiger partial charge in [-0.2, -0.15) is 0 Å². The Bertz CT molecular complexity index is 396. The van der Waals surface area contributed by atoms with Gasteiger partial charge >= 0.3 is 0 Å². The summed E-state index contributed by atoms with van der Waals surface area (Å²) >= 11 is 0. The zero-order valence-electron chi connectivity index (χ0n) is 11.6. The van der Waals surface area contributed by atoms with Crippen molar-refractivity contribution in [2.24, 2.45) is 0 Å². The molecule has 0 amide bonds. The minimum atomic E-state index is -1.42. The van der Waals surface area contributed by atoms with Crippen molar-refractivity contribution in [1.29, 1.82) is 0 Å². The number of hydrogen-bond acceptors (Lipinski definition) is 0. The summed E-state index contributed by atoms with van der Waals surface area (Å²) in [5.41, 5.74) is 3.10. The van der Waals surface area contributed by atoms with E-state index in [4.69, 9.17) is 0 Å². The lowest BCUT2D eigenvalue weighted by Crippen LogP contribution is -2.36. The van der Waals surface area contributed by atoms with Gasteiger partial charge in [-0.1, -0.05) is 65.7 Å². The third-order valence-electron chi connectivity index (χ3n) is 4.28. The van der Waals surface area contributed by atoms with Crippen molar-refractivity contribution in [2.45, 2.75) is 52.6 Å². The van der Waals surface area contributed by atoms with Crippen LogP contribution >= 0.6 is 0 Å². The molecule has 0 aromatic rings. The van der Waals surface area contributed by atoms with E-state index in [0.717, 1.165) is 12.8 Å². The van der Waals surface area contributed by atoms with Crippen molar-refractivity contribution >= 4 is 8.07 Å². The van der Waals surface area contributed by atoms with Crippen molar-refractivity contribution in [3.63, 3.8) is 0 Å². The molecular weight excluding hydrogens is 220 g/mol. The van der Waals surface area contributed by atoms with Gasteiger partial charge in [0.25, 0.3) is 0 Å². The largest absolute Gasteiger partial charge is 0.115 e. The highest BCUT2D eigenvalue weighted by Crippen LogP contribution is 2.41. The molecule has 1 heteroatoms. The topological polar surface area (TPSA) is 0 Å². The molecule has 0 radical (unpaired) electrons. The first-order valence-corrected chi connectivity index (χ1v) is 9.56. The summed E-state index contributed by atoms with van der Waals surface area (Å²) in [6, 6.07) is 1.39. The van der Waals surface area contributed by atoms with E-state index in [-0.39, 0.29) is 0 Å². The Balaban J connectivity index is 2.40. The molecule has 0 aliphatic heterocycles. The number of hydrogen-bond donors (Lipinski definition) is 0. The smallest absolute Gasteiger partial charge is 0.0808 e. The fraction of sp³-hybridized carbons (Fsp3) is 0.500. The van der Waals surface area contributed by atoms with Gasteiger partial charge in [0.05, 0.1) is 0 Å². The summed E-state index contributed by atoms with van der Waals surface area (Å²) in [6.07, 6.45) is 13.4. The van der Waals surface area contributed by atoms with Crippen LogP contribution in [0.3, 0.4) is 0 Å². The first kappa shape index (κ1) is 12.6. The van der Waals surface area contributed by atoms with E-state index in [1.165, 1.54) is 12.5 Å². The van der Waals surface area contributed by atoms with Crippen molar-refractivity contribution in [3.8, 4) is 0 Å². The maximum atomic E-state index is 2.57. The first-order chi connectivity index (χ1) is 8.09.